The highest BCUT2D eigenvalue weighted by molar-refractivity contribution is 6.00. The van der Waals surface area contributed by atoms with Crippen LogP contribution < -0.4 is 21.5 Å². The number of nitrogens with two attached hydrogens (primary N) is 2. The van der Waals surface area contributed by atoms with E-state index in [2.05, 4.69) is 10.4 Å². The number of hydrogen-bond acceptors (Lipinski definition) is 4. The third-order valence-electron chi connectivity index (χ3n) is 2.78. The monoisotopic (exact) mass is 303 g/mol. The molecule has 1 aromatic heterocycles. The molecular formula is C14H17N5O3. The number of urea groups is 1. The van der Waals surface area contributed by atoms with Gasteiger partial charge < -0.3 is 21.5 Å². The minimum Gasteiger partial charge on any atom is -0.494 e. The zero-order valence-electron chi connectivity index (χ0n) is 12.1. The summed E-state index contributed by atoms with van der Waals surface area (Å²) in [5.41, 5.74) is 11.1. The van der Waals surface area contributed by atoms with Gasteiger partial charge in [0.25, 0.3) is 5.91 Å². The Kier molecular flexibility index (Phi) is 4.62. The van der Waals surface area contributed by atoms with Crippen molar-refractivity contribution in [3.8, 4) is 11.4 Å². The number of primary amides is 2. The summed E-state index contributed by atoms with van der Waals surface area (Å²) in [5.74, 6) is -0.0197. The number of amides is 3. The van der Waals surface area contributed by atoms with E-state index in [1.165, 1.54) is 10.9 Å². The number of aromatic nitrogens is 2. The van der Waals surface area contributed by atoms with Crippen molar-refractivity contribution < 1.29 is 14.3 Å². The highest BCUT2D eigenvalue weighted by Crippen LogP contribution is 2.19. The second-order valence-corrected chi connectivity index (χ2v) is 4.53. The van der Waals surface area contributed by atoms with Crippen molar-refractivity contribution in [2.75, 3.05) is 11.9 Å². The SMILES string of the molecule is CCCOc1ccc(-n2cc(NC(N)=O)c(C(N)=O)n2)cc1. The van der Waals surface area contributed by atoms with Crippen LogP contribution in [0.2, 0.25) is 0 Å². The Morgan fingerprint density at radius 1 is 1.27 bits per heavy atom. The van der Waals surface area contributed by atoms with Crippen LogP contribution in [0.4, 0.5) is 10.5 Å². The molecular weight excluding hydrogens is 286 g/mol. The minimum absolute atomic E-state index is 0.0647. The van der Waals surface area contributed by atoms with Crippen LogP contribution in [0, 0.1) is 0 Å². The van der Waals surface area contributed by atoms with E-state index in [9.17, 15) is 9.59 Å². The van der Waals surface area contributed by atoms with Gasteiger partial charge in [-0.2, -0.15) is 5.10 Å². The summed E-state index contributed by atoms with van der Waals surface area (Å²) in [6.45, 7) is 2.66. The molecule has 0 radical (unpaired) electrons. The van der Waals surface area contributed by atoms with Crippen molar-refractivity contribution in [3.63, 3.8) is 0 Å². The molecule has 0 aliphatic carbocycles. The maximum Gasteiger partial charge on any atom is 0.316 e. The van der Waals surface area contributed by atoms with Crippen LogP contribution in [0.3, 0.4) is 0 Å². The number of rotatable bonds is 6. The highest BCUT2D eigenvalue weighted by atomic mass is 16.5. The molecule has 0 unspecified atom stereocenters. The molecule has 0 spiro atoms. The molecule has 1 heterocycles. The fourth-order valence-corrected chi connectivity index (χ4v) is 1.83. The van der Waals surface area contributed by atoms with Crippen LogP contribution in [0.5, 0.6) is 5.75 Å². The van der Waals surface area contributed by atoms with Crippen LogP contribution in [-0.2, 0) is 0 Å². The van der Waals surface area contributed by atoms with E-state index in [0.717, 1.165) is 12.2 Å². The number of carbonyl (C=O) groups is 2. The third kappa shape index (κ3) is 3.54. The topological polar surface area (TPSA) is 125 Å². The highest BCUT2D eigenvalue weighted by Gasteiger charge is 2.16. The molecule has 0 saturated carbocycles. The fraction of sp³-hybridized carbons (Fsp3) is 0.214. The third-order valence-corrected chi connectivity index (χ3v) is 2.78. The van der Waals surface area contributed by atoms with Crippen LogP contribution in [0.25, 0.3) is 5.69 Å². The van der Waals surface area contributed by atoms with Crippen molar-refractivity contribution in [3.05, 3.63) is 36.2 Å². The molecule has 0 aliphatic heterocycles. The molecule has 2 rings (SSSR count). The van der Waals surface area contributed by atoms with Crippen molar-refractivity contribution in [1.29, 1.82) is 0 Å². The van der Waals surface area contributed by atoms with E-state index in [1.54, 1.807) is 24.3 Å². The Bertz CT molecular complexity index is 678. The Balaban J connectivity index is 2.28. The van der Waals surface area contributed by atoms with Crippen LogP contribution in [0.15, 0.2) is 30.5 Å². The second kappa shape index (κ2) is 6.61. The van der Waals surface area contributed by atoms with E-state index < -0.39 is 11.9 Å². The molecule has 116 valence electrons. The van der Waals surface area contributed by atoms with E-state index in [1.807, 2.05) is 6.92 Å². The Morgan fingerprint density at radius 2 is 1.95 bits per heavy atom. The average molecular weight is 303 g/mol. The summed E-state index contributed by atoms with van der Waals surface area (Å²) in [7, 11) is 0. The summed E-state index contributed by atoms with van der Waals surface area (Å²) in [5, 5.41) is 6.37. The molecule has 8 nitrogen and oxygen atoms in total. The average Bonchev–Trinajstić information content (AvgIpc) is 2.89. The number of anilines is 1. The lowest BCUT2D eigenvalue weighted by atomic mass is 10.3. The maximum absolute atomic E-state index is 11.4. The first kappa shape index (κ1) is 15.4. The summed E-state index contributed by atoms with van der Waals surface area (Å²) in [6, 6.07) is 6.33. The molecule has 1 aromatic carbocycles. The molecule has 0 saturated heterocycles. The zero-order valence-corrected chi connectivity index (χ0v) is 12.1. The zero-order chi connectivity index (χ0) is 16.1. The van der Waals surface area contributed by atoms with Crippen molar-refractivity contribution >= 4 is 17.6 Å². The maximum atomic E-state index is 11.4. The molecule has 5 N–H and O–H groups in total. The van der Waals surface area contributed by atoms with Gasteiger partial charge >= 0.3 is 6.03 Å². The van der Waals surface area contributed by atoms with Gasteiger partial charge in [0, 0.05) is 0 Å². The lowest BCUT2D eigenvalue weighted by molar-refractivity contribution is 0.0996. The van der Waals surface area contributed by atoms with E-state index in [0.29, 0.717) is 12.3 Å². The van der Waals surface area contributed by atoms with Crippen molar-refractivity contribution in [2.24, 2.45) is 11.5 Å². The minimum atomic E-state index is -0.801. The number of ether oxygens (including phenoxy) is 1. The molecule has 0 bridgehead atoms. The van der Waals surface area contributed by atoms with Gasteiger partial charge in [-0.25, -0.2) is 9.48 Å². The molecule has 8 heteroatoms. The van der Waals surface area contributed by atoms with Gasteiger partial charge in [-0.05, 0) is 30.7 Å². The predicted octanol–water partition coefficient (Wildman–Crippen LogP) is 1.25. The molecule has 3 amide bonds. The lowest BCUT2D eigenvalue weighted by Crippen LogP contribution is -2.22. The van der Waals surface area contributed by atoms with Gasteiger partial charge in [-0.1, -0.05) is 6.92 Å². The summed E-state index contributed by atoms with van der Waals surface area (Å²) in [4.78, 5) is 22.3. The molecule has 0 atom stereocenters. The molecule has 0 fully saturated rings. The van der Waals surface area contributed by atoms with Crippen molar-refractivity contribution in [1.82, 2.24) is 9.78 Å². The standard InChI is InChI=1S/C14H17N5O3/c1-2-7-22-10-5-3-9(4-6-10)19-8-11(17-14(16)21)12(18-19)13(15)20/h3-6,8H,2,7H2,1H3,(H2,15,20)(H3,16,17,21). The van der Waals surface area contributed by atoms with E-state index >= 15 is 0 Å². The van der Waals surface area contributed by atoms with Gasteiger partial charge in [0.2, 0.25) is 0 Å². The van der Waals surface area contributed by atoms with Gasteiger partial charge in [0.1, 0.15) is 5.75 Å². The summed E-state index contributed by atoms with van der Waals surface area (Å²) < 4.78 is 6.91. The molecule has 2 aromatic rings. The normalized spacial score (nSPS) is 10.2. The number of benzene rings is 1. The van der Waals surface area contributed by atoms with Gasteiger partial charge in [-0.3, -0.25) is 4.79 Å². The smallest absolute Gasteiger partial charge is 0.316 e. The predicted molar refractivity (Wildman–Crippen MR) is 81.1 cm³/mol. The first-order chi connectivity index (χ1) is 10.5. The summed E-state index contributed by atoms with van der Waals surface area (Å²) in [6.07, 6.45) is 2.39. The van der Waals surface area contributed by atoms with E-state index in [-0.39, 0.29) is 11.4 Å². The van der Waals surface area contributed by atoms with Crippen LogP contribution in [0.1, 0.15) is 23.8 Å². The number of hydrogen-bond donors (Lipinski definition) is 3. The largest absolute Gasteiger partial charge is 0.494 e. The lowest BCUT2D eigenvalue weighted by Gasteiger charge is -2.05. The van der Waals surface area contributed by atoms with Gasteiger partial charge in [-0.15, -0.1) is 0 Å². The van der Waals surface area contributed by atoms with E-state index in [4.69, 9.17) is 16.2 Å². The Morgan fingerprint density at radius 3 is 2.50 bits per heavy atom. The number of carbonyl (C=O) groups excluding carboxylic acids is 2. The Hall–Kier alpha value is -3.03. The second-order valence-electron chi connectivity index (χ2n) is 4.53. The van der Waals surface area contributed by atoms with Crippen LogP contribution >= 0.6 is 0 Å². The van der Waals surface area contributed by atoms with Gasteiger partial charge in [0.05, 0.1) is 24.2 Å². The Labute approximate surface area is 127 Å². The quantitative estimate of drug-likeness (QED) is 0.742. The number of nitrogens with zero attached hydrogens (tertiary/aromatic N) is 2. The first-order valence-corrected chi connectivity index (χ1v) is 6.70. The summed E-state index contributed by atoms with van der Waals surface area (Å²) >= 11 is 0. The fourth-order valence-electron chi connectivity index (χ4n) is 1.83. The molecule has 22 heavy (non-hydrogen) atoms. The first-order valence-electron chi connectivity index (χ1n) is 6.70. The van der Waals surface area contributed by atoms with Crippen molar-refractivity contribution in [2.45, 2.75) is 13.3 Å². The van der Waals surface area contributed by atoms with Crippen LogP contribution in [-0.4, -0.2) is 28.3 Å². The van der Waals surface area contributed by atoms with Gasteiger partial charge in [0.15, 0.2) is 5.69 Å². The number of nitrogens with one attached hydrogen (secondary N) is 1. The molecule has 0 aliphatic rings.